The van der Waals surface area contributed by atoms with Gasteiger partial charge in [0.1, 0.15) is 5.82 Å². The number of H-pyrrole nitrogens is 1. The van der Waals surface area contributed by atoms with Crippen molar-refractivity contribution in [1.82, 2.24) is 15.0 Å². The number of hydrogen-bond donors (Lipinski definition) is 1. The number of rotatable bonds is 8. The number of aryl methyl sites for hydroxylation is 3. The van der Waals surface area contributed by atoms with Gasteiger partial charge in [0.2, 0.25) is 0 Å². The zero-order valence-corrected chi connectivity index (χ0v) is 26.8. The van der Waals surface area contributed by atoms with Crippen LogP contribution in [0.3, 0.4) is 0 Å². The van der Waals surface area contributed by atoms with Crippen molar-refractivity contribution >= 4 is 23.1 Å². The van der Waals surface area contributed by atoms with E-state index in [1.807, 2.05) is 22.3 Å². The van der Waals surface area contributed by atoms with E-state index in [-0.39, 0.29) is 12.1 Å². The van der Waals surface area contributed by atoms with Gasteiger partial charge in [-0.05, 0) is 81.2 Å². The molecule has 0 bridgehead atoms. The second-order valence-corrected chi connectivity index (χ2v) is 13.4. The van der Waals surface area contributed by atoms with Gasteiger partial charge in [0, 0.05) is 30.3 Å². The zero-order chi connectivity index (χ0) is 30.1. The highest BCUT2D eigenvalue weighted by Gasteiger charge is 2.37. The first-order valence-corrected chi connectivity index (χ1v) is 17.6. The number of amides is 2. The van der Waals surface area contributed by atoms with Gasteiger partial charge in [-0.2, -0.15) is 5.10 Å². The third-order valence-corrected chi connectivity index (χ3v) is 10.1. The molecule has 0 radical (unpaired) electrons. The van der Waals surface area contributed by atoms with E-state index in [0.717, 1.165) is 79.8 Å². The average molecular weight is 594 g/mol. The highest BCUT2D eigenvalue weighted by Crippen LogP contribution is 2.39. The number of hydrogen-bond acceptors (Lipinski definition) is 3. The van der Waals surface area contributed by atoms with Gasteiger partial charge in [0.25, 0.3) is 0 Å². The first-order valence-electron chi connectivity index (χ1n) is 17.6. The van der Waals surface area contributed by atoms with Gasteiger partial charge in [-0.15, -0.1) is 0 Å². The maximum atomic E-state index is 14.8. The normalized spacial score (nSPS) is 19.4. The number of imidazole rings is 1. The van der Waals surface area contributed by atoms with Crippen molar-refractivity contribution in [1.29, 1.82) is 0 Å². The van der Waals surface area contributed by atoms with Gasteiger partial charge in [-0.1, -0.05) is 88.5 Å². The number of aromatic amines is 1. The van der Waals surface area contributed by atoms with E-state index in [4.69, 9.17) is 5.10 Å². The van der Waals surface area contributed by atoms with E-state index < -0.39 is 0 Å². The van der Waals surface area contributed by atoms with Crippen LogP contribution in [0, 0.1) is 12.8 Å². The number of anilines is 2. The number of nitrogens with zero attached hydrogens (tertiary/aromatic N) is 4. The number of hydrazone groups is 1. The molecule has 2 heterocycles. The fourth-order valence-electron chi connectivity index (χ4n) is 7.53. The van der Waals surface area contributed by atoms with Gasteiger partial charge >= 0.3 is 6.03 Å². The molecule has 1 aromatic heterocycles. The summed E-state index contributed by atoms with van der Waals surface area (Å²) in [5, 5.41) is 7.36. The Hall–Kier alpha value is -3.41. The summed E-state index contributed by atoms with van der Waals surface area (Å²) >= 11 is 0. The second-order valence-electron chi connectivity index (χ2n) is 13.4. The molecule has 6 rings (SSSR count). The number of unbranched alkanes of at least 4 members (excludes halogenated alkanes) is 1. The van der Waals surface area contributed by atoms with Crippen LogP contribution >= 0.6 is 0 Å². The highest BCUT2D eigenvalue weighted by molar-refractivity contribution is 6.14. The maximum absolute atomic E-state index is 14.8. The van der Waals surface area contributed by atoms with Crippen molar-refractivity contribution in [2.45, 2.75) is 129 Å². The summed E-state index contributed by atoms with van der Waals surface area (Å²) in [7, 11) is 0. The molecule has 0 spiro atoms. The van der Waals surface area contributed by atoms with E-state index in [2.05, 4.69) is 59.4 Å². The lowest BCUT2D eigenvalue weighted by atomic mass is 9.82. The predicted molar refractivity (Wildman–Crippen MR) is 181 cm³/mol. The number of benzene rings is 2. The van der Waals surface area contributed by atoms with Crippen LogP contribution < -0.4 is 4.90 Å². The molecule has 2 aromatic carbocycles. The Morgan fingerprint density at radius 2 is 1.45 bits per heavy atom. The molecule has 2 aliphatic carbocycles. The summed E-state index contributed by atoms with van der Waals surface area (Å²) in [6, 6.07) is 15.5. The lowest BCUT2D eigenvalue weighted by molar-refractivity contribution is 0.174. The third kappa shape index (κ3) is 7.44. The Morgan fingerprint density at radius 1 is 0.795 bits per heavy atom. The number of urea groups is 1. The molecular formula is C38H51N5O. The van der Waals surface area contributed by atoms with E-state index in [1.165, 1.54) is 75.3 Å². The molecule has 2 amide bonds. The minimum atomic E-state index is 0.0101. The van der Waals surface area contributed by atoms with Crippen LogP contribution in [0.5, 0.6) is 0 Å². The molecule has 2 fully saturated rings. The summed E-state index contributed by atoms with van der Waals surface area (Å²) in [5.74, 6) is 1.47. The number of carbonyl (C=O) groups is 1. The minimum Gasteiger partial charge on any atom is -0.349 e. The van der Waals surface area contributed by atoms with Gasteiger partial charge in [-0.3, -0.25) is 4.90 Å². The molecule has 1 aliphatic heterocycles. The van der Waals surface area contributed by atoms with Crippen molar-refractivity contribution < 1.29 is 4.79 Å². The SMILES string of the molecule is Cc1ccc2c(c1)N(c1ccc(CCCCc3ncc[nH]3)cc1)C(=O)N(C1CCCCCCCCC1)N=C2C1CCCCC1. The van der Waals surface area contributed by atoms with Crippen molar-refractivity contribution in [3.05, 3.63) is 77.4 Å². The Kier molecular flexibility index (Phi) is 10.5. The molecule has 6 nitrogen and oxygen atoms in total. The predicted octanol–water partition coefficient (Wildman–Crippen LogP) is 10.0. The molecule has 1 N–H and O–H groups in total. The smallest absolute Gasteiger partial charge is 0.349 e. The van der Waals surface area contributed by atoms with Gasteiger partial charge in [0.05, 0.1) is 23.1 Å². The highest BCUT2D eigenvalue weighted by atomic mass is 16.2. The van der Waals surface area contributed by atoms with Gasteiger partial charge in [0.15, 0.2) is 0 Å². The molecule has 2 saturated carbocycles. The maximum Gasteiger partial charge on any atom is 0.349 e. The largest absolute Gasteiger partial charge is 0.349 e. The van der Waals surface area contributed by atoms with Crippen molar-refractivity contribution in [2.24, 2.45) is 11.0 Å². The van der Waals surface area contributed by atoms with Crippen LogP contribution in [-0.2, 0) is 12.8 Å². The van der Waals surface area contributed by atoms with E-state index in [1.54, 1.807) is 0 Å². The van der Waals surface area contributed by atoms with Crippen LogP contribution in [0.25, 0.3) is 0 Å². The number of fused-ring (bicyclic) bond motifs is 1. The van der Waals surface area contributed by atoms with E-state index >= 15 is 0 Å². The van der Waals surface area contributed by atoms with Gasteiger partial charge < -0.3 is 4.98 Å². The van der Waals surface area contributed by atoms with Crippen LogP contribution in [0.2, 0.25) is 0 Å². The summed E-state index contributed by atoms with van der Waals surface area (Å²) in [5.41, 5.74) is 6.69. The van der Waals surface area contributed by atoms with Crippen molar-refractivity contribution in [3.63, 3.8) is 0 Å². The number of aromatic nitrogens is 2. The molecule has 3 aliphatic rings. The Bertz CT molecular complexity index is 1360. The molecule has 6 heteroatoms. The van der Waals surface area contributed by atoms with Crippen LogP contribution in [0.15, 0.2) is 60.0 Å². The summed E-state index contributed by atoms with van der Waals surface area (Å²) in [4.78, 5) is 24.4. The molecule has 0 saturated heterocycles. The number of nitrogens with one attached hydrogen (secondary N) is 1. The fourth-order valence-corrected chi connectivity index (χ4v) is 7.53. The first-order chi connectivity index (χ1) is 21.7. The standard InChI is InChI=1S/C38H51N5O/c1-29-20-25-34-35(28-29)42(32-23-21-30(22-24-32)14-12-13-19-36-39-26-27-40-36)38(44)43(41-37(34)31-15-8-7-9-16-31)33-17-10-5-3-2-4-6-11-18-33/h20-28,31,33H,2-19H2,1H3,(H,39,40). The summed E-state index contributed by atoms with van der Waals surface area (Å²) in [6.45, 7) is 2.14. The molecule has 44 heavy (non-hydrogen) atoms. The Balaban J connectivity index is 1.31. The number of carbonyl (C=O) groups excluding carboxylic acids is 1. The lowest BCUT2D eigenvalue weighted by Gasteiger charge is -2.32. The molecular weight excluding hydrogens is 542 g/mol. The molecule has 0 unspecified atom stereocenters. The second kappa shape index (κ2) is 15.0. The molecule has 234 valence electrons. The van der Waals surface area contributed by atoms with Crippen LogP contribution in [-0.4, -0.2) is 32.8 Å². The zero-order valence-electron chi connectivity index (χ0n) is 26.8. The summed E-state index contributed by atoms with van der Waals surface area (Å²) < 4.78 is 0. The fraction of sp³-hybridized carbons (Fsp3) is 0.553. The minimum absolute atomic E-state index is 0.0101. The van der Waals surface area contributed by atoms with E-state index in [0.29, 0.717) is 5.92 Å². The lowest BCUT2D eigenvalue weighted by Crippen LogP contribution is -2.43. The Morgan fingerprint density at radius 3 is 2.16 bits per heavy atom. The Labute approximate surface area is 264 Å². The average Bonchev–Trinajstić information content (AvgIpc) is 3.54. The summed E-state index contributed by atoms with van der Waals surface area (Å²) in [6.07, 6.45) is 24.9. The third-order valence-electron chi connectivity index (χ3n) is 10.1. The van der Waals surface area contributed by atoms with Crippen molar-refractivity contribution in [3.8, 4) is 0 Å². The topological polar surface area (TPSA) is 64.6 Å². The molecule has 3 aromatic rings. The van der Waals surface area contributed by atoms with Gasteiger partial charge in [-0.25, -0.2) is 14.8 Å². The van der Waals surface area contributed by atoms with E-state index in [9.17, 15) is 4.79 Å². The molecule has 0 atom stereocenters. The van der Waals surface area contributed by atoms with Crippen LogP contribution in [0.1, 0.15) is 125 Å². The quantitative estimate of drug-likeness (QED) is 0.264. The van der Waals surface area contributed by atoms with Crippen LogP contribution in [0.4, 0.5) is 16.2 Å². The first kappa shape index (κ1) is 30.6. The monoisotopic (exact) mass is 593 g/mol. The van der Waals surface area contributed by atoms with Crippen molar-refractivity contribution in [2.75, 3.05) is 4.90 Å².